The first-order chi connectivity index (χ1) is 9.69. The second-order valence-electron chi connectivity index (χ2n) is 5.13. The number of rotatable bonds is 3. The minimum Gasteiger partial charge on any atom is -0.311 e. The van der Waals surface area contributed by atoms with Gasteiger partial charge in [0, 0.05) is 19.2 Å². The maximum absolute atomic E-state index is 12.5. The lowest BCUT2D eigenvalue weighted by Gasteiger charge is -2.16. The van der Waals surface area contributed by atoms with Crippen molar-refractivity contribution in [1.29, 1.82) is 0 Å². The van der Waals surface area contributed by atoms with E-state index in [9.17, 15) is 4.79 Å². The van der Waals surface area contributed by atoms with Crippen LogP contribution in [0.15, 0.2) is 17.2 Å². The van der Waals surface area contributed by atoms with E-state index in [1.807, 2.05) is 17.8 Å². The first-order valence-corrected chi connectivity index (χ1v) is 6.98. The molecular formula is C14H19N5O. The second-order valence-corrected chi connectivity index (χ2v) is 5.13. The van der Waals surface area contributed by atoms with Gasteiger partial charge in [0.1, 0.15) is 0 Å². The van der Waals surface area contributed by atoms with Gasteiger partial charge in [0.2, 0.25) is 0 Å². The molecule has 2 aromatic rings. The average Bonchev–Trinajstić information content (AvgIpc) is 2.83. The van der Waals surface area contributed by atoms with Crippen LogP contribution in [0.4, 0.5) is 0 Å². The summed E-state index contributed by atoms with van der Waals surface area (Å²) in [5.74, 6) is 0. The van der Waals surface area contributed by atoms with Gasteiger partial charge in [-0.1, -0.05) is 6.92 Å². The Bertz CT molecular complexity index is 685. The SMILES string of the molecule is CCc1cc(Cn2cnc3c(c2=O)CCNC3)n(C)n1. The lowest BCUT2D eigenvalue weighted by molar-refractivity contribution is 0.585. The highest BCUT2D eigenvalue weighted by atomic mass is 16.1. The summed E-state index contributed by atoms with van der Waals surface area (Å²) >= 11 is 0. The monoisotopic (exact) mass is 273 g/mol. The first-order valence-electron chi connectivity index (χ1n) is 6.98. The van der Waals surface area contributed by atoms with E-state index in [0.717, 1.165) is 42.0 Å². The molecule has 0 amide bonds. The third-order valence-electron chi connectivity index (χ3n) is 3.79. The second kappa shape index (κ2) is 5.20. The van der Waals surface area contributed by atoms with E-state index >= 15 is 0 Å². The molecule has 3 rings (SSSR count). The Hall–Kier alpha value is -1.95. The molecule has 106 valence electrons. The molecule has 0 aliphatic carbocycles. The number of nitrogens with one attached hydrogen (secondary N) is 1. The number of fused-ring (bicyclic) bond motifs is 1. The summed E-state index contributed by atoms with van der Waals surface area (Å²) < 4.78 is 3.52. The Morgan fingerprint density at radius 2 is 2.30 bits per heavy atom. The van der Waals surface area contributed by atoms with Crippen LogP contribution in [-0.4, -0.2) is 25.9 Å². The molecule has 0 spiro atoms. The van der Waals surface area contributed by atoms with Crippen molar-refractivity contribution in [2.24, 2.45) is 7.05 Å². The number of hydrogen-bond donors (Lipinski definition) is 1. The average molecular weight is 273 g/mol. The van der Waals surface area contributed by atoms with Crippen molar-refractivity contribution < 1.29 is 0 Å². The Labute approximate surface area is 117 Å². The van der Waals surface area contributed by atoms with Gasteiger partial charge in [-0.25, -0.2) is 4.98 Å². The molecule has 0 atom stereocenters. The maximum Gasteiger partial charge on any atom is 0.257 e. The van der Waals surface area contributed by atoms with Gasteiger partial charge in [-0.2, -0.15) is 5.10 Å². The van der Waals surface area contributed by atoms with Crippen molar-refractivity contribution >= 4 is 0 Å². The smallest absolute Gasteiger partial charge is 0.257 e. The lowest BCUT2D eigenvalue weighted by Crippen LogP contribution is -2.34. The van der Waals surface area contributed by atoms with Crippen molar-refractivity contribution in [2.45, 2.75) is 32.9 Å². The molecule has 0 saturated heterocycles. The quantitative estimate of drug-likeness (QED) is 0.869. The van der Waals surface area contributed by atoms with Crippen molar-refractivity contribution in [1.82, 2.24) is 24.6 Å². The Kier molecular flexibility index (Phi) is 3.40. The summed E-state index contributed by atoms with van der Waals surface area (Å²) in [7, 11) is 1.91. The molecule has 0 radical (unpaired) electrons. The van der Waals surface area contributed by atoms with E-state index < -0.39 is 0 Å². The first kappa shape index (κ1) is 13.1. The Morgan fingerprint density at radius 1 is 1.45 bits per heavy atom. The molecule has 6 heteroatoms. The topological polar surface area (TPSA) is 64.7 Å². The molecule has 0 saturated carbocycles. The number of aryl methyl sites for hydroxylation is 2. The van der Waals surface area contributed by atoms with Gasteiger partial charge < -0.3 is 5.32 Å². The molecule has 0 aromatic carbocycles. The zero-order chi connectivity index (χ0) is 14.1. The van der Waals surface area contributed by atoms with Crippen molar-refractivity contribution in [3.8, 4) is 0 Å². The van der Waals surface area contributed by atoms with Gasteiger partial charge in [0.05, 0.1) is 30.0 Å². The third kappa shape index (κ3) is 2.27. The summed E-state index contributed by atoms with van der Waals surface area (Å²) in [5, 5.41) is 7.65. The molecule has 2 aromatic heterocycles. The van der Waals surface area contributed by atoms with Crippen LogP contribution in [-0.2, 0) is 33.0 Å². The molecule has 1 aliphatic rings. The molecule has 0 unspecified atom stereocenters. The standard InChI is InChI=1S/C14H19N5O/c1-3-10-6-11(18(2)17-10)8-19-9-16-13-7-15-5-4-12(13)14(19)20/h6,9,15H,3-5,7-8H2,1-2H3. The fourth-order valence-electron chi connectivity index (χ4n) is 2.57. The number of aromatic nitrogens is 4. The van der Waals surface area contributed by atoms with Crippen LogP contribution in [0.25, 0.3) is 0 Å². The molecule has 0 bridgehead atoms. The van der Waals surface area contributed by atoms with Crippen LogP contribution >= 0.6 is 0 Å². The molecule has 20 heavy (non-hydrogen) atoms. The minimum atomic E-state index is 0.0794. The van der Waals surface area contributed by atoms with E-state index in [-0.39, 0.29) is 5.56 Å². The highest BCUT2D eigenvalue weighted by Gasteiger charge is 2.16. The predicted molar refractivity (Wildman–Crippen MR) is 75.6 cm³/mol. The minimum absolute atomic E-state index is 0.0794. The van der Waals surface area contributed by atoms with E-state index in [1.165, 1.54) is 0 Å². The maximum atomic E-state index is 12.5. The summed E-state index contributed by atoms with van der Waals surface area (Å²) in [4.78, 5) is 16.9. The van der Waals surface area contributed by atoms with E-state index in [0.29, 0.717) is 13.1 Å². The van der Waals surface area contributed by atoms with Crippen molar-refractivity contribution in [2.75, 3.05) is 6.54 Å². The zero-order valence-corrected chi connectivity index (χ0v) is 11.9. The van der Waals surface area contributed by atoms with Crippen LogP contribution < -0.4 is 10.9 Å². The highest BCUT2D eigenvalue weighted by Crippen LogP contribution is 2.08. The van der Waals surface area contributed by atoms with E-state index in [4.69, 9.17) is 0 Å². The van der Waals surface area contributed by atoms with Gasteiger partial charge in [0.15, 0.2) is 0 Å². The lowest BCUT2D eigenvalue weighted by atomic mass is 10.1. The zero-order valence-electron chi connectivity index (χ0n) is 11.9. The van der Waals surface area contributed by atoms with Crippen molar-refractivity contribution in [3.05, 3.63) is 45.4 Å². The fourth-order valence-corrected chi connectivity index (χ4v) is 2.57. The van der Waals surface area contributed by atoms with Crippen LogP contribution in [0.3, 0.4) is 0 Å². The molecule has 1 aliphatic heterocycles. The van der Waals surface area contributed by atoms with E-state index in [1.54, 1.807) is 10.9 Å². The highest BCUT2D eigenvalue weighted by molar-refractivity contribution is 5.20. The summed E-state index contributed by atoms with van der Waals surface area (Å²) in [6.45, 7) is 4.14. The Morgan fingerprint density at radius 3 is 3.05 bits per heavy atom. The number of nitrogens with zero attached hydrogens (tertiary/aromatic N) is 4. The summed E-state index contributed by atoms with van der Waals surface area (Å²) in [5.41, 5.74) is 3.89. The van der Waals surface area contributed by atoms with Crippen LogP contribution in [0.2, 0.25) is 0 Å². The predicted octanol–water partition coefficient (Wildman–Crippen LogP) is 0.233. The van der Waals surface area contributed by atoms with Gasteiger partial charge in [-0.3, -0.25) is 14.0 Å². The third-order valence-corrected chi connectivity index (χ3v) is 3.79. The molecular weight excluding hydrogens is 254 g/mol. The normalized spacial score (nSPS) is 14.3. The van der Waals surface area contributed by atoms with Gasteiger partial charge in [-0.15, -0.1) is 0 Å². The number of hydrogen-bond acceptors (Lipinski definition) is 4. The summed E-state index contributed by atoms with van der Waals surface area (Å²) in [6.07, 6.45) is 3.30. The van der Waals surface area contributed by atoms with Gasteiger partial charge in [-0.05, 0) is 25.5 Å². The van der Waals surface area contributed by atoms with Gasteiger partial charge >= 0.3 is 0 Å². The Balaban J connectivity index is 1.95. The van der Waals surface area contributed by atoms with Crippen LogP contribution in [0.1, 0.15) is 29.6 Å². The van der Waals surface area contributed by atoms with Gasteiger partial charge in [0.25, 0.3) is 5.56 Å². The largest absolute Gasteiger partial charge is 0.311 e. The molecule has 1 N–H and O–H groups in total. The molecule has 6 nitrogen and oxygen atoms in total. The van der Waals surface area contributed by atoms with Crippen LogP contribution in [0.5, 0.6) is 0 Å². The van der Waals surface area contributed by atoms with E-state index in [2.05, 4.69) is 22.3 Å². The van der Waals surface area contributed by atoms with Crippen LogP contribution in [0, 0.1) is 0 Å². The molecule has 3 heterocycles. The fraction of sp³-hybridized carbons (Fsp3) is 0.500. The summed E-state index contributed by atoms with van der Waals surface area (Å²) in [6, 6.07) is 2.05. The van der Waals surface area contributed by atoms with Crippen molar-refractivity contribution in [3.63, 3.8) is 0 Å². The molecule has 0 fully saturated rings.